The van der Waals surface area contributed by atoms with E-state index in [9.17, 15) is 14.7 Å². The third kappa shape index (κ3) is 4.17. The fraction of sp³-hybridized carbons (Fsp3) is 0.467. The molecule has 0 saturated carbocycles. The maximum atomic E-state index is 12.0. The van der Waals surface area contributed by atoms with Crippen molar-refractivity contribution < 1.29 is 14.7 Å². The van der Waals surface area contributed by atoms with Crippen LogP contribution in [0, 0.1) is 0 Å². The topological polar surface area (TPSA) is 57.6 Å². The van der Waals surface area contributed by atoms with Gasteiger partial charge in [-0.1, -0.05) is 44.2 Å². The zero-order valence-electron chi connectivity index (χ0n) is 11.5. The van der Waals surface area contributed by atoms with Crippen molar-refractivity contribution in [3.05, 3.63) is 35.9 Å². The molecule has 0 saturated heterocycles. The molecule has 1 N–H and O–H groups in total. The predicted molar refractivity (Wildman–Crippen MR) is 73.5 cm³/mol. The Kier molecular flexibility index (Phi) is 6.22. The lowest BCUT2D eigenvalue weighted by atomic mass is 10.1. The second kappa shape index (κ2) is 7.69. The van der Waals surface area contributed by atoms with Gasteiger partial charge in [0, 0.05) is 19.4 Å². The normalized spacial score (nSPS) is 11.9. The highest BCUT2D eigenvalue weighted by Crippen LogP contribution is 2.12. The van der Waals surface area contributed by atoms with Gasteiger partial charge in [0.25, 0.3) is 0 Å². The molecule has 0 bridgehead atoms. The number of amides is 1. The van der Waals surface area contributed by atoms with E-state index in [2.05, 4.69) is 0 Å². The summed E-state index contributed by atoms with van der Waals surface area (Å²) in [6, 6.07) is 8.74. The lowest BCUT2D eigenvalue weighted by Crippen LogP contribution is -2.46. The monoisotopic (exact) mass is 263 g/mol. The van der Waals surface area contributed by atoms with Gasteiger partial charge in [0.2, 0.25) is 5.91 Å². The Balaban J connectivity index is 2.94. The zero-order valence-corrected chi connectivity index (χ0v) is 11.5. The van der Waals surface area contributed by atoms with Crippen LogP contribution in [0.25, 0.3) is 0 Å². The average Bonchev–Trinajstić information content (AvgIpc) is 2.46. The van der Waals surface area contributed by atoms with E-state index in [4.69, 9.17) is 0 Å². The first-order valence-corrected chi connectivity index (χ1v) is 6.60. The van der Waals surface area contributed by atoms with Crippen LogP contribution in [0.4, 0.5) is 0 Å². The van der Waals surface area contributed by atoms with Gasteiger partial charge >= 0.3 is 0 Å². The molecule has 1 atom stereocenters. The van der Waals surface area contributed by atoms with Crippen molar-refractivity contribution in [1.82, 2.24) is 4.90 Å². The number of hydrogen-bond acceptors (Lipinski definition) is 3. The quantitative estimate of drug-likeness (QED) is 0.815. The number of ketones is 1. The molecule has 0 fully saturated rings. The second-order valence-electron chi connectivity index (χ2n) is 4.38. The van der Waals surface area contributed by atoms with Crippen molar-refractivity contribution in [1.29, 1.82) is 0 Å². The highest BCUT2D eigenvalue weighted by molar-refractivity contribution is 5.89. The van der Waals surface area contributed by atoms with E-state index in [1.807, 2.05) is 30.3 Å². The van der Waals surface area contributed by atoms with E-state index in [1.165, 1.54) is 4.90 Å². The van der Waals surface area contributed by atoms with Crippen LogP contribution in [-0.4, -0.2) is 34.3 Å². The van der Waals surface area contributed by atoms with Gasteiger partial charge in [-0.05, 0) is 5.56 Å². The van der Waals surface area contributed by atoms with E-state index in [0.29, 0.717) is 19.4 Å². The van der Waals surface area contributed by atoms with Gasteiger partial charge in [0.05, 0.1) is 6.61 Å². The van der Waals surface area contributed by atoms with Crippen LogP contribution in [0.1, 0.15) is 32.3 Å². The van der Waals surface area contributed by atoms with E-state index >= 15 is 0 Å². The van der Waals surface area contributed by atoms with Gasteiger partial charge in [-0.3, -0.25) is 9.59 Å². The smallest absolute Gasteiger partial charge is 0.223 e. The summed E-state index contributed by atoms with van der Waals surface area (Å²) in [5.74, 6) is -0.232. The fourth-order valence-corrected chi connectivity index (χ4v) is 1.97. The number of carbonyl (C=O) groups excluding carboxylic acids is 2. The van der Waals surface area contributed by atoms with Crippen LogP contribution >= 0.6 is 0 Å². The third-order valence-corrected chi connectivity index (χ3v) is 3.09. The summed E-state index contributed by atoms with van der Waals surface area (Å²) in [4.78, 5) is 25.3. The molecule has 0 radical (unpaired) electrons. The number of nitrogens with zero attached hydrogens (tertiary/aromatic N) is 1. The van der Waals surface area contributed by atoms with E-state index in [-0.39, 0.29) is 18.3 Å². The maximum absolute atomic E-state index is 12.0. The summed E-state index contributed by atoms with van der Waals surface area (Å²) >= 11 is 0. The lowest BCUT2D eigenvalue weighted by Gasteiger charge is -2.29. The molecule has 19 heavy (non-hydrogen) atoms. The van der Waals surface area contributed by atoms with Crippen LogP contribution in [0.15, 0.2) is 30.3 Å². The summed E-state index contributed by atoms with van der Waals surface area (Å²) in [6.45, 7) is 3.52. The summed E-state index contributed by atoms with van der Waals surface area (Å²) in [7, 11) is 0. The summed E-state index contributed by atoms with van der Waals surface area (Å²) in [5, 5.41) is 9.41. The highest BCUT2D eigenvalue weighted by atomic mass is 16.3. The summed E-state index contributed by atoms with van der Waals surface area (Å²) < 4.78 is 0. The molecule has 1 unspecified atom stereocenters. The van der Waals surface area contributed by atoms with Gasteiger partial charge in [0.15, 0.2) is 5.78 Å². The Bertz CT molecular complexity index is 417. The number of aliphatic hydroxyl groups is 1. The average molecular weight is 263 g/mol. The molecule has 0 aliphatic rings. The number of benzene rings is 1. The molecular formula is C15H21NO3. The Morgan fingerprint density at radius 3 is 2.26 bits per heavy atom. The highest BCUT2D eigenvalue weighted by Gasteiger charge is 2.27. The molecule has 0 aliphatic heterocycles. The van der Waals surface area contributed by atoms with Crippen molar-refractivity contribution in [2.75, 3.05) is 6.61 Å². The molecule has 1 rings (SSSR count). The minimum absolute atomic E-state index is 0.111. The van der Waals surface area contributed by atoms with Crippen molar-refractivity contribution in [3.63, 3.8) is 0 Å². The largest absolute Gasteiger partial charge is 0.394 e. The van der Waals surface area contributed by atoms with Crippen molar-refractivity contribution >= 4 is 11.7 Å². The predicted octanol–water partition coefficient (Wildman–Crippen LogP) is 1.77. The number of aliphatic hydroxyl groups excluding tert-OH is 1. The minimum Gasteiger partial charge on any atom is -0.394 e. The van der Waals surface area contributed by atoms with Gasteiger partial charge in [-0.15, -0.1) is 0 Å². The third-order valence-electron chi connectivity index (χ3n) is 3.09. The molecule has 4 heteroatoms. The number of carbonyl (C=O) groups is 2. The molecule has 1 aromatic carbocycles. The van der Waals surface area contributed by atoms with Crippen LogP contribution in [0.5, 0.6) is 0 Å². The SMILES string of the molecule is CCC(=O)C(CO)N(Cc1ccccc1)C(=O)CC. The van der Waals surface area contributed by atoms with Crippen LogP contribution < -0.4 is 0 Å². The Labute approximate surface area is 114 Å². The number of Topliss-reactive ketones (excluding diaryl/α,β-unsaturated/α-hetero) is 1. The maximum Gasteiger partial charge on any atom is 0.223 e. The summed E-state index contributed by atoms with van der Waals surface area (Å²) in [5.41, 5.74) is 0.951. The standard InChI is InChI=1S/C15H21NO3/c1-3-14(18)13(11-17)16(15(19)4-2)10-12-8-6-5-7-9-12/h5-9,13,17H,3-4,10-11H2,1-2H3. The first-order valence-electron chi connectivity index (χ1n) is 6.60. The van der Waals surface area contributed by atoms with Crippen LogP contribution in [-0.2, 0) is 16.1 Å². The molecule has 0 spiro atoms. The van der Waals surface area contributed by atoms with E-state index in [1.54, 1.807) is 13.8 Å². The molecule has 4 nitrogen and oxygen atoms in total. The molecule has 1 amide bonds. The van der Waals surface area contributed by atoms with Crippen molar-refractivity contribution in [2.24, 2.45) is 0 Å². The van der Waals surface area contributed by atoms with E-state index < -0.39 is 6.04 Å². The van der Waals surface area contributed by atoms with Gasteiger partial charge < -0.3 is 10.0 Å². The Hall–Kier alpha value is -1.68. The summed E-state index contributed by atoms with van der Waals surface area (Å²) in [6.07, 6.45) is 0.633. The van der Waals surface area contributed by atoms with Crippen LogP contribution in [0.3, 0.4) is 0 Å². The van der Waals surface area contributed by atoms with Gasteiger partial charge in [0.1, 0.15) is 6.04 Å². The molecule has 0 heterocycles. The minimum atomic E-state index is -0.738. The first-order chi connectivity index (χ1) is 9.13. The molecule has 0 aliphatic carbocycles. The number of hydrogen-bond donors (Lipinski definition) is 1. The van der Waals surface area contributed by atoms with Crippen LogP contribution in [0.2, 0.25) is 0 Å². The number of rotatable bonds is 7. The lowest BCUT2D eigenvalue weighted by molar-refractivity contribution is -0.141. The second-order valence-corrected chi connectivity index (χ2v) is 4.38. The molecule has 104 valence electrons. The molecule has 1 aromatic rings. The van der Waals surface area contributed by atoms with Gasteiger partial charge in [-0.2, -0.15) is 0 Å². The van der Waals surface area contributed by atoms with Crippen molar-refractivity contribution in [2.45, 2.75) is 39.3 Å². The van der Waals surface area contributed by atoms with Crippen molar-refractivity contribution in [3.8, 4) is 0 Å². The molecule has 0 aromatic heterocycles. The Morgan fingerprint density at radius 2 is 1.79 bits per heavy atom. The van der Waals surface area contributed by atoms with E-state index in [0.717, 1.165) is 5.56 Å². The van der Waals surface area contributed by atoms with Gasteiger partial charge in [-0.25, -0.2) is 0 Å². The first kappa shape index (κ1) is 15.4. The molecular weight excluding hydrogens is 242 g/mol. The zero-order chi connectivity index (χ0) is 14.3. The Morgan fingerprint density at radius 1 is 1.16 bits per heavy atom. The fourth-order valence-electron chi connectivity index (χ4n) is 1.97.